The van der Waals surface area contributed by atoms with E-state index in [2.05, 4.69) is 41.4 Å². The van der Waals surface area contributed by atoms with Gasteiger partial charge in [0.05, 0.1) is 29.7 Å². The summed E-state index contributed by atoms with van der Waals surface area (Å²) in [6.07, 6.45) is 1.30. The lowest BCUT2D eigenvalue weighted by atomic mass is 10.2. The number of anilines is 1. The van der Waals surface area contributed by atoms with Crippen LogP contribution in [0.15, 0.2) is 35.8 Å². The molecule has 1 N–H and O–H groups in total. The Balaban J connectivity index is 2.16. The predicted octanol–water partition coefficient (Wildman–Crippen LogP) is 3.39. The fourth-order valence-corrected chi connectivity index (χ4v) is 2.62. The van der Waals surface area contributed by atoms with Crippen molar-refractivity contribution in [1.82, 2.24) is 4.98 Å². The zero-order valence-corrected chi connectivity index (χ0v) is 11.7. The molecule has 3 nitrogen and oxygen atoms in total. The maximum absolute atomic E-state index is 9.44. The minimum atomic E-state index is -0.515. The fraction of sp³-hybridized carbons (Fsp3) is 0.357. The smallest absolute Gasteiger partial charge is 0.0931 e. The number of aromatic nitrogens is 1. The third-order valence-corrected chi connectivity index (χ3v) is 4.18. The summed E-state index contributed by atoms with van der Waals surface area (Å²) in [5.74, 6) is 0. The molecule has 0 aliphatic carbocycles. The van der Waals surface area contributed by atoms with Crippen LogP contribution in [0.25, 0.3) is 0 Å². The average Bonchev–Trinajstić information content (AvgIpc) is 2.91. The zero-order chi connectivity index (χ0) is 13.1. The van der Waals surface area contributed by atoms with Crippen molar-refractivity contribution in [3.05, 3.63) is 46.4 Å². The Morgan fingerprint density at radius 2 is 2.06 bits per heavy atom. The number of rotatable bonds is 4. The van der Waals surface area contributed by atoms with Crippen molar-refractivity contribution in [3.63, 3.8) is 0 Å². The summed E-state index contributed by atoms with van der Waals surface area (Å²) in [5.41, 5.74) is 1.76. The first-order valence-electron chi connectivity index (χ1n) is 6.00. The van der Waals surface area contributed by atoms with Crippen LogP contribution in [0.4, 0.5) is 5.69 Å². The van der Waals surface area contributed by atoms with Gasteiger partial charge in [-0.1, -0.05) is 6.07 Å². The van der Waals surface area contributed by atoms with Gasteiger partial charge in [-0.15, -0.1) is 11.3 Å². The normalized spacial score (nSPS) is 14.2. The fourth-order valence-electron chi connectivity index (χ4n) is 1.80. The van der Waals surface area contributed by atoms with Gasteiger partial charge in [-0.3, -0.25) is 4.98 Å². The Morgan fingerprint density at radius 1 is 1.28 bits per heavy atom. The van der Waals surface area contributed by atoms with Crippen LogP contribution in [0.5, 0.6) is 0 Å². The lowest BCUT2D eigenvalue weighted by molar-refractivity contribution is 0.194. The molecule has 18 heavy (non-hydrogen) atoms. The largest absolute Gasteiger partial charge is 0.387 e. The average molecular weight is 262 g/mol. The van der Waals surface area contributed by atoms with Crippen molar-refractivity contribution >= 4 is 17.0 Å². The molecular weight excluding hydrogens is 244 g/mol. The molecule has 2 rings (SSSR count). The van der Waals surface area contributed by atoms with E-state index in [0.29, 0.717) is 11.7 Å². The standard InChI is InChI=1S/C14H18N2OS/c1-10(14-5-4-8-18-14)16(3)12-6-7-13(11(2)17)15-9-12/h4-11,17H,1-3H3/t10?,11-/m1/s1. The number of hydrogen-bond donors (Lipinski definition) is 1. The molecule has 0 aliphatic rings. The van der Waals surface area contributed by atoms with Gasteiger partial charge in [0.1, 0.15) is 0 Å². The topological polar surface area (TPSA) is 36.4 Å². The van der Waals surface area contributed by atoms with Crippen LogP contribution in [-0.2, 0) is 0 Å². The first-order valence-corrected chi connectivity index (χ1v) is 6.88. The highest BCUT2D eigenvalue weighted by Gasteiger charge is 2.13. The van der Waals surface area contributed by atoms with Crippen molar-refractivity contribution in [2.45, 2.75) is 26.0 Å². The van der Waals surface area contributed by atoms with E-state index in [9.17, 15) is 5.11 Å². The molecule has 2 aromatic rings. The molecule has 0 spiro atoms. The molecule has 0 radical (unpaired) electrons. The summed E-state index contributed by atoms with van der Waals surface area (Å²) in [5, 5.41) is 11.5. The Kier molecular flexibility index (Phi) is 3.99. The van der Waals surface area contributed by atoms with E-state index in [1.807, 2.05) is 18.3 Å². The SMILES string of the molecule is CC(c1cccs1)N(C)c1ccc([C@@H](C)O)nc1. The molecular formula is C14H18N2OS. The second-order valence-electron chi connectivity index (χ2n) is 4.42. The Morgan fingerprint density at radius 3 is 2.56 bits per heavy atom. The number of aliphatic hydroxyl groups excluding tert-OH is 1. The van der Waals surface area contributed by atoms with E-state index in [-0.39, 0.29) is 0 Å². The van der Waals surface area contributed by atoms with Gasteiger partial charge >= 0.3 is 0 Å². The van der Waals surface area contributed by atoms with Gasteiger partial charge in [-0.25, -0.2) is 0 Å². The van der Waals surface area contributed by atoms with Crippen molar-refractivity contribution in [2.24, 2.45) is 0 Å². The van der Waals surface area contributed by atoms with Crippen LogP contribution in [-0.4, -0.2) is 17.1 Å². The summed E-state index contributed by atoms with van der Waals surface area (Å²) < 4.78 is 0. The molecule has 2 heterocycles. The number of aliphatic hydroxyl groups is 1. The predicted molar refractivity (Wildman–Crippen MR) is 76.0 cm³/mol. The van der Waals surface area contributed by atoms with Crippen LogP contribution < -0.4 is 4.90 Å². The quantitative estimate of drug-likeness (QED) is 0.917. The molecule has 96 valence electrons. The summed E-state index contributed by atoms with van der Waals surface area (Å²) in [6.45, 7) is 3.90. The summed E-state index contributed by atoms with van der Waals surface area (Å²) in [4.78, 5) is 7.79. The first-order chi connectivity index (χ1) is 8.59. The second kappa shape index (κ2) is 5.50. The molecule has 0 saturated carbocycles. The number of pyridine rings is 1. The number of thiophene rings is 1. The lowest BCUT2D eigenvalue weighted by Gasteiger charge is -2.26. The van der Waals surface area contributed by atoms with Gasteiger partial charge in [-0.05, 0) is 37.4 Å². The second-order valence-corrected chi connectivity index (χ2v) is 5.40. The Labute approximate surface area is 112 Å². The van der Waals surface area contributed by atoms with Crippen LogP contribution in [0.3, 0.4) is 0 Å². The van der Waals surface area contributed by atoms with Crippen LogP contribution >= 0.6 is 11.3 Å². The van der Waals surface area contributed by atoms with E-state index in [0.717, 1.165) is 5.69 Å². The highest BCUT2D eigenvalue weighted by molar-refractivity contribution is 7.10. The molecule has 0 bridgehead atoms. The van der Waals surface area contributed by atoms with E-state index in [1.165, 1.54) is 4.88 Å². The van der Waals surface area contributed by atoms with Crippen molar-refractivity contribution in [3.8, 4) is 0 Å². The van der Waals surface area contributed by atoms with Crippen molar-refractivity contribution in [2.75, 3.05) is 11.9 Å². The van der Waals surface area contributed by atoms with Crippen molar-refractivity contribution < 1.29 is 5.11 Å². The molecule has 0 amide bonds. The molecule has 0 saturated heterocycles. The summed E-state index contributed by atoms with van der Waals surface area (Å²) in [6, 6.07) is 8.41. The van der Waals surface area contributed by atoms with E-state index in [1.54, 1.807) is 18.3 Å². The first kappa shape index (κ1) is 13.1. The highest BCUT2D eigenvalue weighted by Crippen LogP contribution is 2.28. The highest BCUT2D eigenvalue weighted by atomic mass is 32.1. The molecule has 2 atom stereocenters. The molecule has 0 fully saturated rings. The molecule has 0 aromatic carbocycles. The molecule has 1 unspecified atom stereocenters. The van der Waals surface area contributed by atoms with Crippen LogP contribution in [0, 0.1) is 0 Å². The van der Waals surface area contributed by atoms with Gasteiger partial charge in [0.25, 0.3) is 0 Å². The summed E-state index contributed by atoms with van der Waals surface area (Å²) >= 11 is 1.76. The third kappa shape index (κ3) is 2.71. The molecule has 0 aliphatic heterocycles. The number of nitrogens with zero attached hydrogens (tertiary/aromatic N) is 2. The van der Waals surface area contributed by atoms with Gasteiger partial charge in [-0.2, -0.15) is 0 Å². The molecule has 4 heteroatoms. The molecule has 2 aromatic heterocycles. The number of hydrogen-bond acceptors (Lipinski definition) is 4. The van der Waals surface area contributed by atoms with Gasteiger partial charge in [0.15, 0.2) is 0 Å². The minimum Gasteiger partial charge on any atom is -0.387 e. The van der Waals surface area contributed by atoms with E-state index >= 15 is 0 Å². The van der Waals surface area contributed by atoms with Gasteiger partial charge in [0.2, 0.25) is 0 Å². The maximum Gasteiger partial charge on any atom is 0.0931 e. The monoisotopic (exact) mass is 262 g/mol. The third-order valence-electron chi connectivity index (χ3n) is 3.14. The lowest BCUT2D eigenvalue weighted by Crippen LogP contribution is -2.21. The van der Waals surface area contributed by atoms with E-state index in [4.69, 9.17) is 0 Å². The van der Waals surface area contributed by atoms with Crippen molar-refractivity contribution in [1.29, 1.82) is 0 Å². The van der Waals surface area contributed by atoms with Gasteiger partial charge < -0.3 is 10.0 Å². The van der Waals surface area contributed by atoms with E-state index < -0.39 is 6.10 Å². The Bertz CT molecular complexity index is 479. The van der Waals surface area contributed by atoms with Gasteiger partial charge in [0, 0.05) is 11.9 Å². The maximum atomic E-state index is 9.44. The Hall–Kier alpha value is -1.39. The van der Waals surface area contributed by atoms with Crippen LogP contribution in [0.2, 0.25) is 0 Å². The summed E-state index contributed by atoms with van der Waals surface area (Å²) in [7, 11) is 2.06. The van der Waals surface area contributed by atoms with Crippen LogP contribution in [0.1, 0.15) is 36.6 Å². The zero-order valence-electron chi connectivity index (χ0n) is 10.9. The minimum absolute atomic E-state index is 0.323.